The molecule has 2 bridgehead atoms. The quantitative estimate of drug-likeness (QED) is 0.375. The molecule has 3 saturated heterocycles. The Kier molecular flexibility index (Phi) is 10.3. The van der Waals surface area contributed by atoms with E-state index in [2.05, 4.69) is 15.1 Å². The molecule has 2 unspecified atom stereocenters. The van der Waals surface area contributed by atoms with Gasteiger partial charge in [0.15, 0.2) is 20.7 Å². The zero-order chi connectivity index (χ0) is 32.5. The first kappa shape index (κ1) is 33.8. The van der Waals surface area contributed by atoms with Crippen molar-refractivity contribution in [2.45, 2.75) is 69.8 Å². The summed E-state index contributed by atoms with van der Waals surface area (Å²) in [4.78, 5) is 30.8. The first-order valence-corrected chi connectivity index (χ1v) is 19.2. The second-order valence-corrected chi connectivity index (χ2v) is 17.3. The summed E-state index contributed by atoms with van der Waals surface area (Å²) in [6.45, 7) is 6.71. The zero-order valence-corrected chi connectivity index (χ0v) is 28.1. The van der Waals surface area contributed by atoms with Crippen molar-refractivity contribution in [3.63, 3.8) is 0 Å². The van der Waals surface area contributed by atoms with E-state index in [4.69, 9.17) is 9.47 Å². The zero-order valence-electron chi connectivity index (χ0n) is 26.4. The first-order chi connectivity index (χ1) is 21.2. The van der Waals surface area contributed by atoms with Gasteiger partial charge in [-0.05, 0) is 51.7 Å². The predicted molar refractivity (Wildman–Crippen MR) is 172 cm³/mol. The number of aromatic nitrogens is 1. The number of amides is 1. The summed E-state index contributed by atoms with van der Waals surface area (Å²) < 4.78 is 62.3. The number of sulfonamides is 1. The van der Waals surface area contributed by atoms with E-state index in [9.17, 15) is 26.4 Å². The lowest BCUT2D eigenvalue weighted by molar-refractivity contribution is 0.00321. The van der Waals surface area contributed by atoms with E-state index in [0.29, 0.717) is 19.6 Å². The Morgan fingerprint density at radius 1 is 1.00 bits per heavy atom. The van der Waals surface area contributed by atoms with Gasteiger partial charge < -0.3 is 19.4 Å². The number of fused-ring (bicyclic) bond motifs is 3. The number of pyridine rings is 1. The molecular formula is C30H45N5O8S2. The van der Waals surface area contributed by atoms with Crippen LogP contribution in [0.4, 0.5) is 4.79 Å². The van der Waals surface area contributed by atoms with E-state index in [1.165, 1.54) is 4.31 Å². The number of nitrogens with one attached hydrogen (secondary N) is 1. The molecule has 1 aromatic carbocycles. The molecule has 1 amide bonds. The Bertz CT molecular complexity index is 1640. The molecule has 0 radical (unpaired) electrons. The Morgan fingerprint density at radius 3 is 2.24 bits per heavy atom. The monoisotopic (exact) mass is 667 g/mol. The normalized spacial score (nSPS) is 24.2. The number of piperidine rings is 1. The predicted octanol–water partition coefficient (Wildman–Crippen LogP) is 1.63. The average molecular weight is 668 g/mol. The van der Waals surface area contributed by atoms with E-state index >= 15 is 0 Å². The SMILES string of the molecule is COC(CN1CCN(S(=O)(=O)CS(C)(=O)=O)CC1)CN1[C@@H]2CC[C@H]1CC(NC(=O)Oc1cc3ccccc3n(C(C)C)c1=O)C2. The van der Waals surface area contributed by atoms with Gasteiger partial charge in [0, 0.05) is 82.2 Å². The summed E-state index contributed by atoms with van der Waals surface area (Å²) in [7, 11) is -5.81. The molecule has 1 aromatic heterocycles. The number of para-hydroxylation sites is 1. The van der Waals surface area contributed by atoms with Crippen LogP contribution in [0.2, 0.25) is 0 Å². The molecule has 4 atom stereocenters. The van der Waals surface area contributed by atoms with Gasteiger partial charge in [-0.25, -0.2) is 21.6 Å². The second-order valence-electron chi connectivity index (χ2n) is 12.8. The number of hydrogen-bond acceptors (Lipinski definition) is 10. The molecule has 13 nitrogen and oxygen atoms in total. The maximum atomic E-state index is 13.2. The fourth-order valence-electron chi connectivity index (χ4n) is 7.10. The van der Waals surface area contributed by atoms with E-state index in [-0.39, 0.29) is 54.7 Å². The Hall–Kier alpha value is -2.56. The van der Waals surface area contributed by atoms with Crippen LogP contribution in [-0.4, -0.2) is 124 Å². The van der Waals surface area contributed by atoms with Crippen LogP contribution in [0.25, 0.3) is 10.9 Å². The topological polar surface area (TPSA) is 148 Å². The minimum atomic E-state index is -3.85. The van der Waals surface area contributed by atoms with Crippen LogP contribution in [0.15, 0.2) is 35.1 Å². The number of carbonyl (C=O) groups is 1. The molecule has 0 aliphatic carbocycles. The Labute approximate surface area is 265 Å². The molecule has 250 valence electrons. The number of sulfone groups is 1. The molecule has 2 aromatic rings. The van der Waals surface area contributed by atoms with Crippen LogP contribution in [0.1, 0.15) is 45.6 Å². The van der Waals surface area contributed by atoms with E-state index < -0.39 is 31.0 Å². The number of benzene rings is 1. The molecular weight excluding hydrogens is 622 g/mol. The minimum absolute atomic E-state index is 0.0112. The maximum absolute atomic E-state index is 13.2. The molecule has 3 fully saturated rings. The maximum Gasteiger partial charge on any atom is 0.413 e. The summed E-state index contributed by atoms with van der Waals surface area (Å²) in [6, 6.07) is 9.57. The lowest BCUT2D eigenvalue weighted by Gasteiger charge is -2.41. The minimum Gasteiger partial charge on any atom is -0.404 e. The van der Waals surface area contributed by atoms with Gasteiger partial charge in [0.1, 0.15) is 0 Å². The van der Waals surface area contributed by atoms with E-state index in [0.717, 1.165) is 49.4 Å². The smallest absolute Gasteiger partial charge is 0.404 e. The molecule has 4 heterocycles. The van der Waals surface area contributed by atoms with Crippen molar-refractivity contribution in [1.29, 1.82) is 0 Å². The number of piperazine rings is 1. The first-order valence-electron chi connectivity index (χ1n) is 15.5. The molecule has 15 heteroatoms. The fraction of sp³-hybridized carbons (Fsp3) is 0.667. The van der Waals surface area contributed by atoms with Crippen molar-refractivity contribution < 1.29 is 31.1 Å². The summed E-state index contributed by atoms with van der Waals surface area (Å²) in [5, 5.41) is 2.97. The van der Waals surface area contributed by atoms with Crippen LogP contribution >= 0.6 is 0 Å². The van der Waals surface area contributed by atoms with Gasteiger partial charge in [0.05, 0.1) is 11.6 Å². The largest absolute Gasteiger partial charge is 0.413 e. The van der Waals surface area contributed by atoms with Gasteiger partial charge in [0.2, 0.25) is 10.0 Å². The highest BCUT2D eigenvalue weighted by Gasteiger charge is 2.42. The summed E-state index contributed by atoms with van der Waals surface area (Å²) >= 11 is 0. The summed E-state index contributed by atoms with van der Waals surface area (Å²) in [6.07, 6.45) is 3.81. The number of carbonyl (C=O) groups excluding carboxylic acids is 1. The number of hydrogen-bond donors (Lipinski definition) is 1. The molecule has 0 saturated carbocycles. The lowest BCUT2D eigenvalue weighted by atomic mass is 9.97. The number of methoxy groups -OCH3 is 1. The number of ether oxygens (including phenoxy) is 2. The highest BCUT2D eigenvalue weighted by Crippen LogP contribution is 2.36. The van der Waals surface area contributed by atoms with Crippen LogP contribution in [0, 0.1) is 0 Å². The number of nitrogens with zero attached hydrogens (tertiary/aromatic N) is 4. The Morgan fingerprint density at radius 2 is 1.64 bits per heavy atom. The summed E-state index contributed by atoms with van der Waals surface area (Å²) in [5.41, 5.74) is 0.458. The molecule has 3 aliphatic rings. The fourth-order valence-corrected chi connectivity index (χ4v) is 10.6. The lowest BCUT2D eigenvalue weighted by Crippen LogP contribution is -2.55. The van der Waals surface area contributed by atoms with E-state index in [1.54, 1.807) is 17.7 Å². The van der Waals surface area contributed by atoms with Gasteiger partial charge in [-0.15, -0.1) is 0 Å². The van der Waals surface area contributed by atoms with Crippen molar-refractivity contribution in [1.82, 2.24) is 24.0 Å². The molecule has 45 heavy (non-hydrogen) atoms. The van der Waals surface area contributed by atoms with Crippen molar-refractivity contribution in [2.24, 2.45) is 0 Å². The third-order valence-corrected chi connectivity index (χ3v) is 13.2. The van der Waals surface area contributed by atoms with Crippen molar-refractivity contribution in [3.8, 4) is 5.75 Å². The van der Waals surface area contributed by atoms with Gasteiger partial charge in [-0.3, -0.25) is 14.6 Å². The van der Waals surface area contributed by atoms with Crippen LogP contribution in [-0.2, 0) is 24.6 Å². The summed E-state index contributed by atoms with van der Waals surface area (Å²) in [5.74, 6) is 0.0112. The van der Waals surface area contributed by atoms with Crippen LogP contribution in [0.5, 0.6) is 5.75 Å². The highest BCUT2D eigenvalue weighted by atomic mass is 32.3. The average Bonchev–Trinajstić information content (AvgIpc) is 3.18. The van der Waals surface area contributed by atoms with Crippen LogP contribution in [0.3, 0.4) is 0 Å². The van der Waals surface area contributed by atoms with Crippen molar-refractivity contribution in [3.05, 3.63) is 40.7 Å². The third kappa shape index (κ3) is 8.06. The number of rotatable bonds is 11. The van der Waals surface area contributed by atoms with Crippen molar-refractivity contribution in [2.75, 3.05) is 57.7 Å². The van der Waals surface area contributed by atoms with Gasteiger partial charge in [-0.1, -0.05) is 18.2 Å². The van der Waals surface area contributed by atoms with E-state index in [1.807, 2.05) is 38.1 Å². The van der Waals surface area contributed by atoms with Gasteiger partial charge >= 0.3 is 6.09 Å². The van der Waals surface area contributed by atoms with Gasteiger partial charge in [-0.2, -0.15) is 4.31 Å². The molecule has 0 spiro atoms. The molecule has 1 N–H and O–H groups in total. The highest BCUT2D eigenvalue weighted by molar-refractivity contribution is 8.06. The standard InChI is InChI=1S/C30H45N5O8S2/c1-21(2)35-27-8-6-5-7-22(27)15-28(29(35)36)43-30(37)31-23-16-24-9-10-25(17-23)34(24)19-26(42-3)18-32-11-13-33(14-12-32)45(40,41)20-44(4,38)39/h5-8,15,21,23-26H,9-14,16-20H2,1-4H3,(H,31,37)/t23?,24-,25+,26?. The Balaban J connectivity index is 1.13. The van der Waals surface area contributed by atoms with Crippen LogP contribution < -0.4 is 15.6 Å². The molecule has 3 aliphatic heterocycles. The van der Waals surface area contributed by atoms with Gasteiger partial charge in [0.25, 0.3) is 5.56 Å². The second kappa shape index (κ2) is 13.7. The third-order valence-electron chi connectivity index (χ3n) is 9.14. The molecule has 5 rings (SSSR count). The van der Waals surface area contributed by atoms with Crippen molar-refractivity contribution >= 4 is 36.9 Å².